The van der Waals surface area contributed by atoms with Gasteiger partial charge in [-0.05, 0) is 95.4 Å². The minimum Gasteiger partial charge on any atom is -0.462 e. The van der Waals surface area contributed by atoms with Crippen LogP contribution >= 0.6 is 0 Å². The number of para-hydroxylation sites is 2. The molecule has 1 aromatic heterocycles. The van der Waals surface area contributed by atoms with Gasteiger partial charge >= 0.3 is 6.02 Å². The summed E-state index contributed by atoms with van der Waals surface area (Å²) in [6.45, 7) is 8.98. The Balaban J connectivity index is 1.17. The fraction of sp³-hybridized carbons (Fsp3) is 0.545. The van der Waals surface area contributed by atoms with Crippen LogP contribution in [0.3, 0.4) is 0 Å². The number of aromatic nitrogens is 2. The van der Waals surface area contributed by atoms with E-state index in [-0.39, 0.29) is 11.5 Å². The smallest absolute Gasteiger partial charge is 0.303 e. The summed E-state index contributed by atoms with van der Waals surface area (Å²) in [6, 6.07) is 22.0. The molecule has 3 atom stereocenters. The summed E-state index contributed by atoms with van der Waals surface area (Å²) >= 11 is 0. The fourth-order valence-electron chi connectivity index (χ4n) is 7.82. The average molecular weight is 539 g/mol. The summed E-state index contributed by atoms with van der Waals surface area (Å²) in [5, 5.41) is 9.24. The number of amidine groups is 1. The van der Waals surface area contributed by atoms with E-state index in [1.165, 1.54) is 36.8 Å². The quantitative estimate of drug-likeness (QED) is 0.212. The number of hydrogen-bond donors (Lipinski definition) is 0. The van der Waals surface area contributed by atoms with Crippen molar-refractivity contribution in [1.29, 1.82) is 5.26 Å². The Morgan fingerprint density at radius 2 is 1.70 bits per heavy atom. The third-order valence-corrected chi connectivity index (χ3v) is 9.71. The molecule has 2 aromatic carbocycles. The van der Waals surface area contributed by atoms with Crippen LogP contribution in [0.25, 0.3) is 11.0 Å². The van der Waals surface area contributed by atoms with Crippen molar-refractivity contribution < 1.29 is 4.74 Å². The lowest BCUT2D eigenvalue weighted by atomic mass is 9.70. The molecule has 0 N–H and O–H groups in total. The molecule has 3 saturated heterocycles. The van der Waals surface area contributed by atoms with Crippen molar-refractivity contribution >= 4 is 17.1 Å². The second kappa shape index (κ2) is 11.2. The summed E-state index contributed by atoms with van der Waals surface area (Å²) < 4.78 is 8.44. The standard InChI is InChI=1S/C33H42N6O/c1-24(2)40-32(35-23-34)37-18-15-33(16-19-37,26-9-5-4-6-10-26)17-20-38-27-13-14-28(38)22-29(21-27)39-25(3)36-30-11-7-8-12-31(30)39/h4-12,24,27-29H,13-22H2,1-3H3/t27-,28+,29?. The molecule has 6 rings (SSSR count). The van der Waals surface area contributed by atoms with Gasteiger partial charge in [-0.15, -0.1) is 4.99 Å². The van der Waals surface area contributed by atoms with Crippen molar-refractivity contribution in [3.8, 4) is 6.19 Å². The van der Waals surface area contributed by atoms with Gasteiger partial charge in [0, 0.05) is 31.2 Å². The highest BCUT2D eigenvalue weighted by atomic mass is 16.5. The molecule has 210 valence electrons. The number of benzene rings is 2. The predicted molar refractivity (Wildman–Crippen MR) is 159 cm³/mol. The summed E-state index contributed by atoms with van der Waals surface area (Å²) in [4.78, 5) is 13.9. The zero-order valence-corrected chi connectivity index (χ0v) is 24.2. The first-order chi connectivity index (χ1) is 19.5. The maximum Gasteiger partial charge on any atom is 0.303 e. The molecule has 2 bridgehead atoms. The van der Waals surface area contributed by atoms with Crippen molar-refractivity contribution in [3.05, 3.63) is 66.0 Å². The number of fused-ring (bicyclic) bond motifs is 3. The Bertz CT molecular complexity index is 1370. The van der Waals surface area contributed by atoms with E-state index in [4.69, 9.17) is 9.72 Å². The van der Waals surface area contributed by atoms with E-state index >= 15 is 0 Å². The highest BCUT2D eigenvalue weighted by Gasteiger charge is 2.44. The monoisotopic (exact) mass is 538 g/mol. The van der Waals surface area contributed by atoms with Crippen LogP contribution in [0.5, 0.6) is 0 Å². The zero-order chi connectivity index (χ0) is 27.7. The van der Waals surface area contributed by atoms with Gasteiger partial charge in [-0.25, -0.2) is 4.98 Å². The number of likely N-dealkylation sites (tertiary alicyclic amines) is 1. The zero-order valence-electron chi connectivity index (χ0n) is 24.2. The van der Waals surface area contributed by atoms with E-state index in [0.29, 0.717) is 24.1 Å². The molecule has 3 aliphatic heterocycles. The Morgan fingerprint density at radius 1 is 1.02 bits per heavy atom. The Hall–Kier alpha value is -3.37. The van der Waals surface area contributed by atoms with Crippen LogP contribution in [0.4, 0.5) is 0 Å². The summed E-state index contributed by atoms with van der Waals surface area (Å²) in [5.74, 6) is 1.15. The van der Waals surface area contributed by atoms with Gasteiger partial charge in [0.25, 0.3) is 0 Å². The normalized spacial score (nSPS) is 24.9. The van der Waals surface area contributed by atoms with E-state index in [9.17, 15) is 5.26 Å². The first kappa shape index (κ1) is 26.8. The molecular weight excluding hydrogens is 496 g/mol. The molecule has 0 amide bonds. The van der Waals surface area contributed by atoms with Crippen LogP contribution in [0.15, 0.2) is 59.6 Å². The second-order valence-electron chi connectivity index (χ2n) is 12.3. The van der Waals surface area contributed by atoms with Crippen LogP contribution in [0.2, 0.25) is 0 Å². The van der Waals surface area contributed by atoms with E-state index < -0.39 is 0 Å². The molecule has 1 unspecified atom stereocenters. The van der Waals surface area contributed by atoms with Crippen LogP contribution in [-0.2, 0) is 10.2 Å². The number of ether oxygens (including phenoxy) is 1. The minimum atomic E-state index is -0.00425. The lowest BCUT2D eigenvalue weighted by Gasteiger charge is -2.46. The number of nitriles is 1. The van der Waals surface area contributed by atoms with Gasteiger partial charge in [0.2, 0.25) is 6.19 Å². The minimum absolute atomic E-state index is 0.00425. The average Bonchev–Trinajstić information content (AvgIpc) is 3.42. The summed E-state index contributed by atoms with van der Waals surface area (Å²) in [7, 11) is 0. The first-order valence-electron chi connectivity index (χ1n) is 15.1. The summed E-state index contributed by atoms with van der Waals surface area (Å²) in [6.07, 6.45) is 10.2. The van der Waals surface area contributed by atoms with Gasteiger partial charge in [0.1, 0.15) is 5.82 Å². The Morgan fingerprint density at radius 3 is 2.38 bits per heavy atom. The van der Waals surface area contributed by atoms with Gasteiger partial charge in [-0.2, -0.15) is 5.26 Å². The van der Waals surface area contributed by atoms with Crippen molar-refractivity contribution in [2.24, 2.45) is 4.99 Å². The Kier molecular flexibility index (Phi) is 7.55. The maximum atomic E-state index is 9.24. The molecule has 0 spiro atoms. The largest absolute Gasteiger partial charge is 0.462 e. The molecule has 7 nitrogen and oxygen atoms in total. The Labute approximate surface area is 238 Å². The first-order valence-corrected chi connectivity index (χ1v) is 15.1. The van der Waals surface area contributed by atoms with Gasteiger partial charge in [0.15, 0.2) is 0 Å². The van der Waals surface area contributed by atoms with Crippen molar-refractivity contribution in [1.82, 2.24) is 19.4 Å². The van der Waals surface area contributed by atoms with Crippen LogP contribution in [0, 0.1) is 18.4 Å². The molecule has 0 radical (unpaired) electrons. The predicted octanol–water partition coefficient (Wildman–Crippen LogP) is 6.20. The molecule has 7 heteroatoms. The van der Waals surface area contributed by atoms with E-state index in [1.807, 2.05) is 20.0 Å². The third kappa shape index (κ3) is 5.10. The van der Waals surface area contributed by atoms with Crippen LogP contribution in [0.1, 0.15) is 76.2 Å². The van der Waals surface area contributed by atoms with E-state index in [1.54, 1.807) is 0 Å². The van der Waals surface area contributed by atoms with Gasteiger partial charge < -0.3 is 14.2 Å². The molecule has 0 aliphatic carbocycles. The molecule has 3 fully saturated rings. The second-order valence-corrected chi connectivity index (χ2v) is 12.3. The molecule has 3 aromatic rings. The highest BCUT2D eigenvalue weighted by Crippen LogP contribution is 2.45. The molecule has 40 heavy (non-hydrogen) atoms. The van der Waals surface area contributed by atoms with Gasteiger partial charge in [-0.1, -0.05) is 42.5 Å². The molecular formula is C33H42N6O. The molecule has 4 heterocycles. The molecule has 3 aliphatic rings. The number of nitrogens with zero attached hydrogens (tertiary/aromatic N) is 6. The van der Waals surface area contributed by atoms with E-state index in [2.05, 4.69) is 80.9 Å². The highest BCUT2D eigenvalue weighted by molar-refractivity contribution is 5.76. The topological polar surface area (TPSA) is 69.7 Å². The lowest BCUT2D eigenvalue weighted by molar-refractivity contribution is 0.0848. The van der Waals surface area contributed by atoms with E-state index in [0.717, 1.165) is 50.2 Å². The fourth-order valence-corrected chi connectivity index (χ4v) is 7.82. The number of imidazole rings is 1. The number of hydrogen-bond acceptors (Lipinski definition) is 5. The summed E-state index contributed by atoms with van der Waals surface area (Å²) in [5.41, 5.74) is 3.97. The number of piperidine rings is 2. The lowest BCUT2D eigenvalue weighted by Crippen LogP contribution is -2.49. The number of aryl methyl sites for hydroxylation is 1. The number of rotatable bonds is 6. The maximum absolute atomic E-state index is 9.24. The van der Waals surface area contributed by atoms with Crippen molar-refractivity contribution in [2.75, 3.05) is 19.6 Å². The van der Waals surface area contributed by atoms with Gasteiger partial charge in [0.05, 0.1) is 17.1 Å². The van der Waals surface area contributed by atoms with Gasteiger partial charge in [-0.3, -0.25) is 4.90 Å². The van der Waals surface area contributed by atoms with Crippen molar-refractivity contribution in [2.45, 2.75) is 95.4 Å². The van der Waals surface area contributed by atoms with Crippen LogP contribution in [-0.4, -0.2) is 63.2 Å². The van der Waals surface area contributed by atoms with Crippen molar-refractivity contribution in [3.63, 3.8) is 0 Å². The molecule has 0 saturated carbocycles. The third-order valence-electron chi connectivity index (χ3n) is 9.71. The SMILES string of the molecule is Cc1nc2ccccc2n1C1C[C@H]2CC[C@@H](C1)N2CCC1(c2ccccc2)CCN(C(=NC#N)OC(C)C)CC1. The van der Waals surface area contributed by atoms with Crippen LogP contribution < -0.4 is 0 Å². The number of aliphatic imine (C=N–C) groups is 1.